The molecule has 0 aliphatic rings. The van der Waals surface area contributed by atoms with Gasteiger partial charge >= 0.3 is 0 Å². The normalized spacial score (nSPS) is 13.8. The van der Waals surface area contributed by atoms with Crippen molar-refractivity contribution in [3.63, 3.8) is 0 Å². The van der Waals surface area contributed by atoms with Crippen LogP contribution >= 0.6 is 20.7 Å². The minimum absolute atomic E-state index is 0.346. The lowest BCUT2D eigenvalue weighted by atomic mass is 9.86. The van der Waals surface area contributed by atoms with Gasteiger partial charge in [0.1, 0.15) is 0 Å². The van der Waals surface area contributed by atoms with Crippen molar-refractivity contribution in [1.82, 2.24) is 0 Å². The van der Waals surface area contributed by atoms with Gasteiger partial charge in [0.2, 0.25) is 0 Å². The summed E-state index contributed by atoms with van der Waals surface area (Å²) in [5.74, 6) is 0. The summed E-state index contributed by atoms with van der Waals surface area (Å²) in [6.45, 7) is 13.8. The predicted molar refractivity (Wildman–Crippen MR) is 59.6 cm³/mol. The summed E-state index contributed by atoms with van der Waals surface area (Å²) in [5.41, 5.74) is 0.692. The third-order valence-corrected chi connectivity index (χ3v) is 5.21. The minimum atomic E-state index is 0.346. The molecule has 0 unspecified atom stereocenters. The molecule has 1 aromatic heterocycles. The van der Waals surface area contributed by atoms with Gasteiger partial charge in [-0.05, 0) is 10.8 Å². The molecule has 0 fully saturated rings. The Labute approximate surface area is 83.0 Å². The van der Waals surface area contributed by atoms with Crippen LogP contribution < -0.4 is 0 Å². The standard InChI is InChI=1S/C10H18S2/c1-9(2,3)7-8(12-11-7)10(4,5)6/h1-6H3. The molecule has 0 saturated heterocycles. The molecule has 1 rings (SSSR count). The molecule has 0 nitrogen and oxygen atoms in total. The Hall–Kier alpha value is 0.180. The van der Waals surface area contributed by atoms with E-state index in [1.807, 2.05) is 20.7 Å². The number of hydrogen-bond donors (Lipinski definition) is 0. The Bertz CT molecular complexity index is 225. The van der Waals surface area contributed by atoms with Gasteiger partial charge in [-0.1, -0.05) is 62.2 Å². The maximum atomic E-state index is 2.29. The smallest absolute Gasteiger partial charge is 0.0350 e. The Morgan fingerprint density at radius 2 is 0.917 bits per heavy atom. The SMILES string of the molecule is CC(C)(C)c1ssc1C(C)(C)C. The van der Waals surface area contributed by atoms with E-state index in [-0.39, 0.29) is 0 Å². The molecular formula is C10H18S2. The van der Waals surface area contributed by atoms with Crippen molar-refractivity contribution in [3.05, 3.63) is 9.75 Å². The third-order valence-electron chi connectivity index (χ3n) is 1.78. The van der Waals surface area contributed by atoms with Crippen LogP contribution in [0.25, 0.3) is 0 Å². The molecule has 0 aliphatic heterocycles. The quantitative estimate of drug-likeness (QED) is 0.547. The molecule has 1 aromatic rings. The summed E-state index contributed by atoms with van der Waals surface area (Å²) in [5, 5.41) is 0. The second-order valence-electron chi connectivity index (χ2n) is 5.32. The molecule has 0 aliphatic carbocycles. The van der Waals surface area contributed by atoms with E-state index in [0.29, 0.717) is 10.8 Å². The fraction of sp³-hybridized carbons (Fsp3) is 0.800. The van der Waals surface area contributed by atoms with Crippen molar-refractivity contribution >= 4 is 20.7 Å². The number of hydrogen-bond acceptors (Lipinski definition) is 2. The van der Waals surface area contributed by atoms with Gasteiger partial charge < -0.3 is 0 Å². The van der Waals surface area contributed by atoms with Gasteiger partial charge in [0, 0.05) is 9.75 Å². The maximum absolute atomic E-state index is 2.29. The first-order valence-corrected chi connectivity index (χ1v) is 6.47. The molecule has 0 bridgehead atoms. The fourth-order valence-corrected chi connectivity index (χ4v) is 4.67. The van der Waals surface area contributed by atoms with E-state index < -0.39 is 0 Å². The minimum Gasteiger partial charge on any atom is -0.0831 e. The molecule has 0 N–H and O–H groups in total. The van der Waals surface area contributed by atoms with Crippen molar-refractivity contribution in [1.29, 1.82) is 0 Å². The van der Waals surface area contributed by atoms with Crippen LogP contribution in [-0.2, 0) is 10.8 Å². The zero-order valence-electron chi connectivity index (χ0n) is 8.82. The molecule has 0 amide bonds. The first-order chi connectivity index (χ1) is 5.23. The second kappa shape index (κ2) is 2.85. The van der Waals surface area contributed by atoms with E-state index in [9.17, 15) is 0 Å². The van der Waals surface area contributed by atoms with Crippen LogP contribution in [-0.4, -0.2) is 0 Å². The monoisotopic (exact) mass is 202 g/mol. The molecule has 0 radical (unpaired) electrons. The van der Waals surface area contributed by atoms with E-state index in [1.165, 1.54) is 0 Å². The van der Waals surface area contributed by atoms with Crippen molar-refractivity contribution < 1.29 is 0 Å². The van der Waals surface area contributed by atoms with E-state index in [1.54, 1.807) is 9.75 Å². The van der Waals surface area contributed by atoms with E-state index >= 15 is 0 Å². The highest BCUT2D eigenvalue weighted by molar-refractivity contribution is 7.72. The lowest BCUT2D eigenvalue weighted by molar-refractivity contribution is 0.548. The molecule has 70 valence electrons. The van der Waals surface area contributed by atoms with Crippen LogP contribution in [0.1, 0.15) is 51.3 Å². The van der Waals surface area contributed by atoms with E-state index in [4.69, 9.17) is 0 Å². The highest BCUT2D eigenvalue weighted by atomic mass is 32.9. The third kappa shape index (κ3) is 1.91. The molecule has 2 heteroatoms. The van der Waals surface area contributed by atoms with Crippen molar-refractivity contribution in [2.75, 3.05) is 0 Å². The van der Waals surface area contributed by atoms with Crippen molar-refractivity contribution in [3.8, 4) is 0 Å². The van der Waals surface area contributed by atoms with Gasteiger partial charge in [0.25, 0.3) is 0 Å². The lowest BCUT2D eigenvalue weighted by Gasteiger charge is -2.30. The average molecular weight is 202 g/mol. The van der Waals surface area contributed by atoms with Crippen molar-refractivity contribution in [2.45, 2.75) is 52.4 Å². The van der Waals surface area contributed by atoms with Gasteiger partial charge in [-0.25, -0.2) is 0 Å². The summed E-state index contributed by atoms with van der Waals surface area (Å²) < 4.78 is 0. The van der Waals surface area contributed by atoms with Crippen LogP contribution in [0, 0.1) is 0 Å². The molecular weight excluding hydrogens is 184 g/mol. The summed E-state index contributed by atoms with van der Waals surface area (Å²) in [7, 11) is 3.89. The zero-order valence-corrected chi connectivity index (χ0v) is 10.4. The second-order valence-corrected chi connectivity index (χ2v) is 7.47. The highest BCUT2D eigenvalue weighted by Crippen LogP contribution is 2.44. The Kier molecular flexibility index (Phi) is 2.43. The number of rotatable bonds is 0. The van der Waals surface area contributed by atoms with Gasteiger partial charge in [-0.15, -0.1) is 0 Å². The fourth-order valence-electron chi connectivity index (χ4n) is 1.06. The van der Waals surface area contributed by atoms with Crippen molar-refractivity contribution in [2.24, 2.45) is 0 Å². The Balaban J connectivity index is 2.96. The van der Waals surface area contributed by atoms with Gasteiger partial charge in [-0.3, -0.25) is 0 Å². The average Bonchev–Trinajstić information content (AvgIpc) is 1.46. The lowest BCUT2D eigenvalue weighted by Crippen LogP contribution is -2.21. The Morgan fingerprint density at radius 1 is 0.667 bits per heavy atom. The summed E-state index contributed by atoms with van der Waals surface area (Å²) in [4.78, 5) is 3.17. The van der Waals surface area contributed by atoms with Crippen LogP contribution in [0.5, 0.6) is 0 Å². The summed E-state index contributed by atoms with van der Waals surface area (Å²) >= 11 is 0. The molecule has 0 spiro atoms. The molecule has 12 heavy (non-hydrogen) atoms. The van der Waals surface area contributed by atoms with Crippen LogP contribution in [0.2, 0.25) is 0 Å². The zero-order chi connectivity index (χ0) is 9.57. The van der Waals surface area contributed by atoms with Crippen LogP contribution in [0.15, 0.2) is 0 Å². The van der Waals surface area contributed by atoms with Gasteiger partial charge in [0.05, 0.1) is 0 Å². The molecule has 0 atom stereocenters. The first-order valence-electron chi connectivity index (χ1n) is 4.32. The van der Waals surface area contributed by atoms with Crippen LogP contribution in [0.3, 0.4) is 0 Å². The molecule has 1 heterocycles. The van der Waals surface area contributed by atoms with Gasteiger partial charge in [-0.2, -0.15) is 0 Å². The van der Waals surface area contributed by atoms with Crippen LogP contribution in [0.4, 0.5) is 0 Å². The Morgan fingerprint density at radius 3 is 1.00 bits per heavy atom. The summed E-state index contributed by atoms with van der Waals surface area (Å²) in [6, 6.07) is 0. The molecule has 0 aromatic carbocycles. The predicted octanol–water partition coefficient (Wildman–Crippen LogP) is 4.40. The summed E-state index contributed by atoms with van der Waals surface area (Å²) in [6.07, 6.45) is 0. The topological polar surface area (TPSA) is 0 Å². The van der Waals surface area contributed by atoms with E-state index in [0.717, 1.165) is 0 Å². The largest absolute Gasteiger partial charge is 0.0831 e. The molecule has 0 saturated carbocycles. The van der Waals surface area contributed by atoms with E-state index in [2.05, 4.69) is 41.5 Å². The highest BCUT2D eigenvalue weighted by Gasteiger charge is 2.29. The first kappa shape index (κ1) is 10.3. The maximum Gasteiger partial charge on any atom is 0.0350 e. The van der Waals surface area contributed by atoms with Gasteiger partial charge in [0.15, 0.2) is 0 Å².